The van der Waals surface area contributed by atoms with E-state index in [0.29, 0.717) is 25.6 Å². The zero-order chi connectivity index (χ0) is 21.2. The van der Waals surface area contributed by atoms with Gasteiger partial charge in [-0.1, -0.05) is 42.5 Å². The third-order valence-electron chi connectivity index (χ3n) is 4.35. The highest BCUT2D eigenvalue weighted by Gasteiger charge is 2.07. The molecular formula is C24H31IN4O2. The number of ether oxygens (including phenoxy) is 1. The van der Waals surface area contributed by atoms with Crippen molar-refractivity contribution in [3.63, 3.8) is 0 Å². The molecule has 2 aromatic carbocycles. The number of nitrogens with one attached hydrogen (secondary N) is 2. The second-order valence-electron chi connectivity index (χ2n) is 7.24. The average Bonchev–Trinajstić information content (AvgIpc) is 3.24. The van der Waals surface area contributed by atoms with Crippen LogP contribution in [-0.4, -0.2) is 23.6 Å². The summed E-state index contributed by atoms with van der Waals surface area (Å²) in [6, 6.07) is 18.2. The first-order chi connectivity index (χ1) is 14.6. The topological polar surface area (TPSA) is 71.7 Å². The van der Waals surface area contributed by atoms with Crippen LogP contribution in [0.15, 0.2) is 70.3 Å². The predicted molar refractivity (Wildman–Crippen MR) is 135 cm³/mol. The number of benzene rings is 2. The maximum Gasteiger partial charge on any atom is 0.226 e. The van der Waals surface area contributed by atoms with Crippen LogP contribution in [0, 0.1) is 0 Å². The highest BCUT2D eigenvalue weighted by atomic mass is 127. The highest BCUT2D eigenvalue weighted by molar-refractivity contribution is 14.0. The first kappa shape index (κ1) is 24.9. The molecule has 0 radical (unpaired) electrons. The molecular weight excluding hydrogens is 503 g/mol. The van der Waals surface area contributed by atoms with E-state index in [4.69, 9.17) is 14.1 Å². The number of hydrogen-bond acceptors (Lipinski definition) is 4. The summed E-state index contributed by atoms with van der Waals surface area (Å²) in [5, 5.41) is 6.59. The molecule has 166 valence electrons. The van der Waals surface area contributed by atoms with E-state index >= 15 is 0 Å². The fourth-order valence-electron chi connectivity index (χ4n) is 2.87. The second-order valence-corrected chi connectivity index (χ2v) is 7.24. The Labute approximate surface area is 201 Å². The molecule has 0 fully saturated rings. The Morgan fingerprint density at radius 1 is 1.06 bits per heavy atom. The molecule has 0 aliphatic rings. The molecule has 7 heteroatoms. The van der Waals surface area contributed by atoms with Crippen molar-refractivity contribution >= 4 is 29.9 Å². The summed E-state index contributed by atoms with van der Waals surface area (Å²) in [5.41, 5.74) is 4.09. The van der Waals surface area contributed by atoms with Crippen LogP contribution in [0.4, 0.5) is 0 Å². The van der Waals surface area contributed by atoms with Crippen molar-refractivity contribution in [2.24, 2.45) is 4.99 Å². The smallest absolute Gasteiger partial charge is 0.226 e. The van der Waals surface area contributed by atoms with Crippen LogP contribution in [0.1, 0.15) is 37.6 Å². The molecule has 6 nitrogen and oxygen atoms in total. The predicted octanol–water partition coefficient (Wildman–Crippen LogP) is 5.14. The molecule has 0 aliphatic heterocycles. The lowest BCUT2D eigenvalue weighted by molar-refractivity contribution is 0.0657. The molecule has 0 spiro atoms. The minimum absolute atomic E-state index is 0. The summed E-state index contributed by atoms with van der Waals surface area (Å²) in [4.78, 5) is 9.25. The molecule has 0 saturated carbocycles. The van der Waals surface area contributed by atoms with Crippen LogP contribution in [0.3, 0.4) is 0 Å². The van der Waals surface area contributed by atoms with Crippen molar-refractivity contribution in [3.8, 4) is 11.5 Å². The molecule has 31 heavy (non-hydrogen) atoms. The van der Waals surface area contributed by atoms with Gasteiger partial charge >= 0.3 is 0 Å². The molecule has 3 rings (SSSR count). The van der Waals surface area contributed by atoms with E-state index in [1.807, 2.05) is 57.2 Å². The molecule has 3 aromatic rings. The fourth-order valence-corrected chi connectivity index (χ4v) is 2.87. The first-order valence-corrected chi connectivity index (χ1v) is 10.4. The van der Waals surface area contributed by atoms with E-state index in [2.05, 4.69) is 33.8 Å². The van der Waals surface area contributed by atoms with Gasteiger partial charge in [-0.05, 0) is 44.0 Å². The minimum Gasteiger partial charge on any atom is -0.444 e. The van der Waals surface area contributed by atoms with Gasteiger partial charge in [0.05, 0.1) is 31.5 Å². The molecule has 0 bridgehead atoms. The van der Waals surface area contributed by atoms with Crippen LogP contribution in [0.2, 0.25) is 0 Å². The molecule has 2 N–H and O–H groups in total. The lowest BCUT2D eigenvalue weighted by atomic mass is 10.1. The fraction of sp³-hybridized carbons (Fsp3) is 0.333. The van der Waals surface area contributed by atoms with Crippen molar-refractivity contribution in [3.05, 3.63) is 77.7 Å². The highest BCUT2D eigenvalue weighted by Crippen LogP contribution is 2.17. The van der Waals surface area contributed by atoms with Crippen LogP contribution >= 0.6 is 24.0 Å². The number of aromatic nitrogens is 1. The lowest BCUT2D eigenvalue weighted by Gasteiger charge is -2.11. The number of guanidine groups is 1. The summed E-state index contributed by atoms with van der Waals surface area (Å²) in [6.07, 6.45) is 1.90. The number of rotatable bonds is 9. The van der Waals surface area contributed by atoms with Gasteiger partial charge in [-0.25, -0.2) is 9.98 Å². The number of hydrogen-bond donors (Lipinski definition) is 2. The van der Waals surface area contributed by atoms with Gasteiger partial charge in [0.15, 0.2) is 5.96 Å². The molecule has 0 aliphatic carbocycles. The Balaban J connectivity index is 0.00000341. The Morgan fingerprint density at radius 3 is 2.58 bits per heavy atom. The monoisotopic (exact) mass is 534 g/mol. The molecule has 0 atom stereocenters. The zero-order valence-corrected chi connectivity index (χ0v) is 20.6. The zero-order valence-electron chi connectivity index (χ0n) is 18.3. The molecule has 0 amide bonds. The summed E-state index contributed by atoms with van der Waals surface area (Å²) >= 11 is 0. The van der Waals surface area contributed by atoms with Gasteiger partial charge in [0.25, 0.3) is 0 Å². The van der Waals surface area contributed by atoms with E-state index < -0.39 is 0 Å². The van der Waals surface area contributed by atoms with Gasteiger partial charge in [-0.3, -0.25) is 0 Å². The van der Waals surface area contributed by atoms with Crippen molar-refractivity contribution in [2.45, 2.75) is 46.6 Å². The Hall–Kier alpha value is -2.39. The van der Waals surface area contributed by atoms with Crippen molar-refractivity contribution in [2.75, 3.05) is 6.54 Å². The standard InChI is InChI=1S/C24H30N4O2.HI/c1-4-25-24(26-14-19-9-8-10-20(13-19)16-29-18(2)3)27-15-22-17-30-23(28-22)21-11-6-5-7-12-21;/h5-13,17-18H,4,14-16H2,1-3H3,(H2,25,26,27);1H. The van der Waals surface area contributed by atoms with Crippen LogP contribution < -0.4 is 10.6 Å². The molecule has 1 heterocycles. The average molecular weight is 534 g/mol. The molecule has 0 saturated heterocycles. The maximum atomic E-state index is 5.69. The Kier molecular flexibility index (Phi) is 10.5. The summed E-state index contributed by atoms with van der Waals surface area (Å²) < 4.78 is 11.3. The SMILES string of the molecule is CCNC(=NCc1cccc(COC(C)C)c1)NCc1coc(-c2ccccc2)n1.I. The maximum absolute atomic E-state index is 5.69. The lowest BCUT2D eigenvalue weighted by Crippen LogP contribution is -2.36. The van der Waals surface area contributed by atoms with Crippen LogP contribution in [0.5, 0.6) is 0 Å². The van der Waals surface area contributed by atoms with E-state index in [1.54, 1.807) is 6.26 Å². The van der Waals surface area contributed by atoms with E-state index in [-0.39, 0.29) is 30.1 Å². The van der Waals surface area contributed by atoms with Gasteiger partial charge < -0.3 is 19.8 Å². The third kappa shape index (κ3) is 8.34. The van der Waals surface area contributed by atoms with Gasteiger partial charge in [-0.2, -0.15) is 0 Å². The number of aliphatic imine (C=N–C) groups is 1. The summed E-state index contributed by atoms with van der Waals surface area (Å²) in [6.45, 7) is 8.64. The van der Waals surface area contributed by atoms with Gasteiger partial charge in [0, 0.05) is 12.1 Å². The first-order valence-electron chi connectivity index (χ1n) is 10.4. The summed E-state index contributed by atoms with van der Waals surface area (Å²) in [5.74, 6) is 1.36. The van der Waals surface area contributed by atoms with E-state index in [0.717, 1.165) is 34.9 Å². The van der Waals surface area contributed by atoms with Gasteiger partial charge in [0.1, 0.15) is 6.26 Å². The largest absolute Gasteiger partial charge is 0.444 e. The molecule has 0 unspecified atom stereocenters. The summed E-state index contributed by atoms with van der Waals surface area (Å²) in [7, 11) is 0. The Morgan fingerprint density at radius 2 is 1.84 bits per heavy atom. The van der Waals surface area contributed by atoms with E-state index in [9.17, 15) is 0 Å². The van der Waals surface area contributed by atoms with E-state index in [1.165, 1.54) is 0 Å². The third-order valence-corrected chi connectivity index (χ3v) is 4.35. The number of nitrogens with zero attached hydrogens (tertiary/aromatic N) is 2. The quantitative estimate of drug-likeness (QED) is 0.226. The second kappa shape index (κ2) is 13.1. The van der Waals surface area contributed by atoms with Crippen LogP contribution in [-0.2, 0) is 24.4 Å². The van der Waals surface area contributed by atoms with Gasteiger partial charge in [-0.15, -0.1) is 24.0 Å². The van der Waals surface area contributed by atoms with Crippen molar-refractivity contribution in [1.82, 2.24) is 15.6 Å². The minimum atomic E-state index is 0. The number of halogens is 1. The van der Waals surface area contributed by atoms with Crippen LogP contribution in [0.25, 0.3) is 11.5 Å². The normalized spacial score (nSPS) is 11.3. The molecule has 1 aromatic heterocycles. The van der Waals surface area contributed by atoms with Crippen molar-refractivity contribution < 1.29 is 9.15 Å². The van der Waals surface area contributed by atoms with Crippen molar-refractivity contribution in [1.29, 1.82) is 0 Å². The van der Waals surface area contributed by atoms with Gasteiger partial charge in [0.2, 0.25) is 5.89 Å². The Bertz CT molecular complexity index is 942. The number of oxazole rings is 1.